The Kier molecular flexibility index (Phi) is 2.05. The molecule has 1 aliphatic heterocycles. The minimum absolute atomic E-state index is 0.292. The van der Waals surface area contributed by atoms with Crippen LogP contribution in [-0.2, 0) is 6.42 Å². The molecule has 0 amide bonds. The van der Waals surface area contributed by atoms with Gasteiger partial charge in [0.25, 0.3) is 0 Å². The van der Waals surface area contributed by atoms with E-state index in [1.807, 2.05) is 12.1 Å². The highest BCUT2D eigenvalue weighted by atomic mass is 16.5. The summed E-state index contributed by atoms with van der Waals surface area (Å²) in [5, 5.41) is 10.4. The molecule has 0 spiro atoms. The van der Waals surface area contributed by atoms with Gasteiger partial charge in [-0.15, -0.1) is 0 Å². The van der Waals surface area contributed by atoms with Crippen molar-refractivity contribution in [2.24, 2.45) is 11.3 Å². The number of ether oxygens (including phenoxy) is 1. The van der Waals surface area contributed by atoms with Crippen molar-refractivity contribution in [2.45, 2.75) is 32.8 Å². The van der Waals surface area contributed by atoms with Gasteiger partial charge in [0.1, 0.15) is 5.75 Å². The van der Waals surface area contributed by atoms with Crippen LogP contribution < -0.4 is 4.74 Å². The van der Waals surface area contributed by atoms with Gasteiger partial charge in [-0.25, -0.2) is 0 Å². The Labute approximate surface area is 96.2 Å². The van der Waals surface area contributed by atoms with Gasteiger partial charge in [0.05, 0.1) is 12.7 Å². The van der Waals surface area contributed by atoms with Gasteiger partial charge in [0.15, 0.2) is 0 Å². The van der Waals surface area contributed by atoms with Gasteiger partial charge in [-0.2, -0.15) is 0 Å². The molecule has 1 aliphatic carbocycles. The summed E-state index contributed by atoms with van der Waals surface area (Å²) >= 11 is 0. The SMILES string of the molecule is CC1(C)CC1C(O)c1cccc2c1OCC2. The molecule has 1 N–H and O–H groups in total. The Hall–Kier alpha value is -1.02. The maximum absolute atomic E-state index is 10.4. The third-order valence-corrected chi connectivity index (χ3v) is 4.03. The zero-order chi connectivity index (χ0) is 11.3. The van der Waals surface area contributed by atoms with Crippen LogP contribution in [0.3, 0.4) is 0 Å². The van der Waals surface area contributed by atoms with E-state index in [1.54, 1.807) is 0 Å². The zero-order valence-electron chi connectivity index (χ0n) is 9.86. The molecule has 2 heteroatoms. The number of benzene rings is 1. The van der Waals surface area contributed by atoms with Gasteiger partial charge in [-0.3, -0.25) is 0 Å². The number of rotatable bonds is 2. The van der Waals surface area contributed by atoms with Crippen molar-refractivity contribution in [1.82, 2.24) is 0 Å². The van der Waals surface area contributed by atoms with E-state index in [0.29, 0.717) is 11.3 Å². The Morgan fingerprint density at radius 1 is 1.44 bits per heavy atom. The molecule has 0 saturated heterocycles. The Morgan fingerprint density at radius 2 is 2.19 bits per heavy atom. The zero-order valence-corrected chi connectivity index (χ0v) is 9.86. The number of fused-ring (bicyclic) bond motifs is 1. The van der Waals surface area contributed by atoms with E-state index < -0.39 is 0 Å². The molecule has 2 aliphatic rings. The summed E-state index contributed by atoms with van der Waals surface area (Å²) in [6.07, 6.45) is 1.73. The van der Waals surface area contributed by atoms with Crippen molar-refractivity contribution in [3.8, 4) is 5.75 Å². The lowest BCUT2D eigenvalue weighted by Crippen LogP contribution is -2.06. The van der Waals surface area contributed by atoms with Crippen LogP contribution in [-0.4, -0.2) is 11.7 Å². The summed E-state index contributed by atoms with van der Waals surface area (Å²) in [6, 6.07) is 6.13. The lowest BCUT2D eigenvalue weighted by atomic mass is 9.97. The van der Waals surface area contributed by atoms with E-state index in [1.165, 1.54) is 5.56 Å². The molecule has 1 saturated carbocycles. The van der Waals surface area contributed by atoms with Crippen molar-refractivity contribution in [1.29, 1.82) is 0 Å². The van der Waals surface area contributed by atoms with Crippen LogP contribution in [0.4, 0.5) is 0 Å². The molecule has 2 unspecified atom stereocenters. The summed E-state index contributed by atoms with van der Waals surface area (Å²) in [5.74, 6) is 1.33. The highest BCUT2D eigenvalue weighted by molar-refractivity contribution is 5.45. The molecule has 0 bridgehead atoms. The van der Waals surface area contributed by atoms with Gasteiger partial charge in [0.2, 0.25) is 0 Å². The van der Waals surface area contributed by atoms with Crippen LogP contribution in [0, 0.1) is 11.3 Å². The number of aliphatic hydroxyl groups excluding tert-OH is 1. The Balaban J connectivity index is 1.93. The van der Waals surface area contributed by atoms with Crippen molar-refractivity contribution in [2.75, 3.05) is 6.61 Å². The number of aliphatic hydroxyl groups is 1. The molecule has 3 rings (SSSR count). The van der Waals surface area contributed by atoms with Crippen LogP contribution in [0.5, 0.6) is 5.75 Å². The second kappa shape index (κ2) is 3.24. The quantitative estimate of drug-likeness (QED) is 0.827. The molecule has 16 heavy (non-hydrogen) atoms. The Bertz CT molecular complexity index is 423. The fourth-order valence-electron chi connectivity index (χ4n) is 2.74. The smallest absolute Gasteiger partial charge is 0.128 e. The highest BCUT2D eigenvalue weighted by Gasteiger charge is 2.50. The molecule has 2 atom stereocenters. The van der Waals surface area contributed by atoms with Crippen molar-refractivity contribution < 1.29 is 9.84 Å². The third kappa shape index (κ3) is 1.44. The average Bonchev–Trinajstić information content (AvgIpc) is 2.71. The van der Waals surface area contributed by atoms with Crippen molar-refractivity contribution >= 4 is 0 Å². The van der Waals surface area contributed by atoms with Gasteiger partial charge in [-0.1, -0.05) is 32.0 Å². The molecule has 1 heterocycles. The molecular weight excluding hydrogens is 200 g/mol. The Morgan fingerprint density at radius 3 is 2.88 bits per heavy atom. The molecule has 0 aromatic heterocycles. The van der Waals surface area contributed by atoms with Crippen LogP contribution in [0.25, 0.3) is 0 Å². The van der Waals surface area contributed by atoms with E-state index in [9.17, 15) is 5.11 Å². The molecule has 86 valence electrons. The fraction of sp³-hybridized carbons (Fsp3) is 0.571. The fourth-order valence-corrected chi connectivity index (χ4v) is 2.74. The topological polar surface area (TPSA) is 29.5 Å². The van der Waals surface area contributed by atoms with E-state index >= 15 is 0 Å². The first-order valence-electron chi connectivity index (χ1n) is 6.02. The van der Waals surface area contributed by atoms with E-state index in [2.05, 4.69) is 19.9 Å². The summed E-state index contributed by atoms with van der Waals surface area (Å²) in [7, 11) is 0. The monoisotopic (exact) mass is 218 g/mol. The lowest BCUT2D eigenvalue weighted by molar-refractivity contribution is 0.134. The first-order chi connectivity index (χ1) is 7.59. The summed E-state index contributed by atoms with van der Waals surface area (Å²) < 4.78 is 5.64. The lowest BCUT2D eigenvalue weighted by Gasteiger charge is -2.15. The second-order valence-corrected chi connectivity index (χ2v) is 5.68. The summed E-state index contributed by atoms with van der Waals surface area (Å²) in [4.78, 5) is 0. The molecule has 1 fully saturated rings. The maximum Gasteiger partial charge on any atom is 0.128 e. The van der Waals surface area contributed by atoms with Crippen molar-refractivity contribution in [3.63, 3.8) is 0 Å². The number of hydrogen-bond donors (Lipinski definition) is 1. The number of hydrogen-bond acceptors (Lipinski definition) is 2. The summed E-state index contributed by atoms with van der Waals surface area (Å²) in [5.41, 5.74) is 2.53. The first kappa shape index (κ1) is 10.2. The van der Waals surface area contributed by atoms with Crippen LogP contribution >= 0.6 is 0 Å². The minimum Gasteiger partial charge on any atom is -0.493 e. The molecule has 1 aromatic carbocycles. The first-order valence-corrected chi connectivity index (χ1v) is 6.02. The van der Waals surface area contributed by atoms with Crippen molar-refractivity contribution in [3.05, 3.63) is 29.3 Å². The normalized spacial score (nSPS) is 27.1. The van der Waals surface area contributed by atoms with E-state index in [0.717, 1.165) is 30.8 Å². The van der Waals surface area contributed by atoms with Crippen LogP contribution in [0.15, 0.2) is 18.2 Å². The molecule has 0 radical (unpaired) electrons. The van der Waals surface area contributed by atoms with E-state index in [-0.39, 0.29) is 6.10 Å². The molecule has 2 nitrogen and oxygen atoms in total. The maximum atomic E-state index is 10.4. The highest BCUT2D eigenvalue weighted by Crippen LogP contribution is 2.58. The largest absolute Gasteiger partial charge is 0.493 e. The van der Waals surface area contributed by atoms with Crippen LogP contribution in [0.2, 0.25) is 0 Å². The van der Waals surface area contributed by atoms with Gasteiger partial charge >= 0.3 is 0 Å². The molecular formula is C14H18O2. The average molecular weight is 218 g/mol. The van der Waals surface area contributed by atoms with Crippen LogP contribution in [0.1, 0.15) is 37.5 Å². The second-order valence-electron chi connectivity index (χ2n) is 5.68. The summed E-state index contributed by atoms with van der Waals surface area (Å²) in [6.45, 7) is 5.18. The minimum atomic E-state index is -0.358. The predicted octanol–water partition coefficient (Wildman–Crippen LogP) is 2.70. The standard InChI is InChI=1S/C14H18O2/c1-14(2)8-11(14)12(15)10-5-3-4-9-6-7-16-13(9)10/h3-5,11-12,15H,6-8H2,1-2H3. The van der Waals surface area contributed by atoms with Gasteiger partial charge < -0.3 is 9.84 Å². The van der Waals surface area contributed by atoms with E-state index in [4.69, 9.17) is 4.74 Å². The van der Waals surface area contributed by atoms with Gasteiger partial charge in [-0.05, 0) is 23.3 Å². The number of para-hydroxylation sites is 1. The third-order valence-electron chi connectivity index (χ3n) is 4.03. The van der Waals surface area contributed by atoms with Gasteiger partial charge in [0, 0.05) is 12.0 Å². The predicted molar refractivity (Wildman–Crippen MR) is 62.5 cm³/mol. The molecule has 1 aromatic rings.